The molecule has 2 N–H and O–H groups in total. The molecule has 2 bridgehead atoms. The summed E-state index contributed by atoms with van der Waals surface area (Å²) in [5, 5.41) is 3.73. The summed E-state index contributed by atoms with van der Waals surface area (Å²) < 4.78 is 16.4. The molecule has 0 radical (unpaired) electrons. The third-order valence-corrected chi connectivity index (χ3v) is 12.6. The van der Waals surface area contributed by atoms with Crippen LogP contribution in [0.1, 0.15) is 22.8 Å². The molecule has 4 aromatic rings. The molecule has 12 heteroatoms. The number of rotatable bonds is 8. The molecule has 2 saturated carbocycles. The van der Waals surface area contributed by atoms with Crippen molar-refractivity contribution in [1.29, 1.82) is 0 Å². The Labute approximate surface area is 278 Å². The van der Waals surface area contributed by atoms with E-state index >= 15 is 0 Å². The number of methoxy groups -OCH3 is 2. The minimum absolute atomic E-state index is 0.0137. The van der Waals surface area contributed by atoms with Crippen LogP contribution in [0.25, 0.3) is 0 Å². The van der Waals surface area contributed by atoms with E-state index in [0.29, 0.717) is 28.6 Å². The van der Waals surface area contributed by atoms with Gasteiger partial charge in [0.25, 0.3) is 5.91 Å². The first-order chi connectivity index (χ1) is 22.8. The number of aromatic amines is 1. The fourth-order valence-electron chi connectivity index (χ4n) is 8.19. The van der Waals surface area contributed by atoms with Gasteiger partial charge in [-0.1, -0.05) is 23.5 Å². The molecule has 3 fully saturated rings. The van der Waals surface area contributed by atoms with Gasteiger partial charge in [0.1, 0.15) is 17.2 Å². The second kappa shape index (κ2) is 11.6. The number of anilines is 2. The van der Waals surface area contributed by atoms with Crippen molar-refractivity contribution >= 4 is 52.2 Å². The lowest BCUT2D eigenvalue weighted by Crippen LogP contribution is -2.42. The Hall–Kier alpha value is -4.55. The largest absolute Gasteiger partial charge is 0.497 e. The monoisotopic (exact) mass is 669 g/mol. The third kappa shape index (κ3) is 4.92. The maximum absolute atomic E-state index is 14.0. The van der Waals surface area contributed by atoms with Gasteiger partial charge < -0.3 is 24.5 Å². The summed E-state index contributed by atoms with van der Waals surface area (Å²) >= 11 is 2.85. The predicted molar refractivity (Wildman–Crippen MR) is 178 cm³/mol. The summed E-state index contributed by atoms with van der Waals surface area (Å²) in [5.41, 5.74) is 2.15. The highest BCUT2D eigenvalue weighted by Gasteiger charge is 2.69. The van der Waals surface area contributed by atoms with Crippen LogP contribution in [0.3, 0.4) is 0 Å². The molecule has 3 aromatic carbocycles. The van der Waals surface area contributed by atoms with Crippen molar-refractivity contribution in [3.05, 3.63) is 92.9 Å². The van der Waals surface area contributed by atoms with Crippen LogP contribution in [0, 0.1) is 29.6 Å². The van der Waals surface area contributed by atoms with Crippen LogP contribution in [0.4, 0.5) is 11.4 Å². The standard InChI is InChI=1S/C35H31N3O7S2/c1-43-20-10-6-18(7-11-20)36-25(39)16-45-22-5-3-4-17(14-22)26-27-23-15-24(30(27)46-32-31(26)47-35(42)37-32)29-28(23)33(40)38(34(29)41)19-8-12-21(44-2)13-9-19/h3-14,23-24,26-30H,15-16H2,1-2H3,(H,36,39)(H,37,42)/t23-,24-,26+,27-,28+,29+,30-/m1/s1. The average Bonchev–Trinajstić information content (AvgIpc) is 3.83. The third-order valence-electron chi connectivity index (χ3n) is 10.0. The Morgan fingerprint density at radius 2 is 1.57 bits per heavy atom. The second-order valence-electron chi connectivity index (χ2n) is 12.3. The number of thioether (sulfide) groups is 1. The number of ether oxygens (including phenoxy) is 3. The van der Waals surface area contributed by atoms with E-state index in [-0.39, 0.29) is 64.0 Å². The average molecular weight is 670 g/mol. The Morgan fingerprint density at radius 3 is 2.28 bits per heavy atom. The molecule has 0 spiro atoms. The lowest BCUT2D eigenvalue weighted by atomic mass is 9.68. The molecule has 3 heterocycles. The first kappa shape index (κ1) is 29.8. The zero-order chi connectivity index (χ0) is 32.4. The van der Waals surface area contributed by atoms with Gasteiger partial charge in [-0.15, -0.1) is 11.8 Å². The number of hydrogen-bond donors (Lipinski definition) is 2. The molecule has 47 heavy (non-hydrogen) atoms. The number of carbonyl (C=O) groups excluding carboxylic acids is 3. The van der Waals surface area contributed by atoms with Crippen molar-refractivity contribution in [1.82, 2.24) is 4.98 Å². The van der Waals surface area contributed by atoms with E-state index in [1.165, 1.54) is 16.2 Å². The van der Waals surface area contributed by atoms with E-state index in [2.05, 4.69) is 10.3 Å². The molecular weight excluding hydrogens is 639 g/mol. The van der Waals surface area contributed by atoms with Gasteiger partial charge in [0, 0.05) is 21.7 Å². The number of carbonyl (C=O) groups is 3. The Bertz CT molecular complexity index is 1940. The molecular formula is C35H31N3O7S2. The van der Waals surface area contributed by atoms with Gasteiger partial charge in [-0.05, 0) is 90.4 Å². The van der Waals surface area contributed by atoms with E-state index < -0.39 is 5.92 Å². The van der Waals surface area contributed by atoms with Gasteiger partial charge in [0.2, 0.25) is 11.8 Å². The molecule has 2 aliphatic carbocycles. The van der Waals surface area contributed by atoms with Crippen molar-refractivity contribution < 1.29 is 28.6 Å². The van der Waals surface area contributed by atoms with Gasteiger partial charge in [0.15, 0.2) is 6.61 Å². The predicted octanol–water partition coefficient (Wildman–Crippen LogP) is 5.15. The van der Waals surface area contributed by atoms with Crippen LogP contribution in [-0.2, 0) is 14.4 Å². The normalized spacial score (nSPS) is 26.9. The van der Waals surface area contributed by atoms with Crippen LogP contribution >= 0.6 is 23.1 Å². The molecule has 7 atom stereocenters. The summed E-state index contributed by atoms with van der Waals surface area (Å²) in [6.07, 6.45) is 0.795. The van der Waals surface area contributed by atoms with Crippen LogP contribution in [0.15, 0.2) is 82.6 Å². The topological polar surface area (TPSA) is 127 Å². The maximum atomic E-state index is 14.0. The van der Waals surface area contributed by atoms with Crippen molar-refractivity contribution in [2.75, 3.05) is 31.0 Å². The highest BCUT2D eigenvalue weighted by Crippen LogP contribution is 2.68. The van der Waals surface area contributed by atoms with Gasteiger partial charge in [-0.3, -0.25) is 24.1 Å². The number of imide groups is 1. The number of aromatic nitrogens is 1. The minimum Gasteiger partial charge on any atom is -0.497 e. The molecule has 4 aliphatic rings. The summed E-state index contributed by atoms with van der Waals surface area (Å²) in [5.74, 6) is 0.397. The van der Waals surface area contributed by atoms with E-state index in [9.17, 15) is 19.2 Å². The van der Waals surface area contributed by atoms with Crippen LogP contribution in [-0.4, -0.2) is 48.8 Å². The maximum Gasteiger partial charge on any atom is 0.305 e. The minimum atomic E-state index is -0.405. The molecule has 8 rings (SSSR count). The smallest absolute Gasteiger partial charge is 0.305 e. The Morgan fingerprint density at radius 1 is 0.894 bits per heavy atom. The number of H-pyrrole nitrogens is 1. The quantitative estimate of drug-likeness (QED) is 0.247. The summed E-state index contributed by atoms with van der Waals surface area (Å²) in [7, 11) is 3.16. The first-order valence-electron chi connectivity index (χ1n) is 15.4. The first-order valence-corrected chi connectivity index (χ1v) is 17.1. The van der Waals surface area contributed by atoms with Gasteiger partial charge in [-0.25, -0.2) is 0 Å². The highest BCUT2D eigenvalue weighted by molar-refractivity contribution is 8.00. The molecule has 1 aromatic heterocycles. The molecule has 10 nitrogen and oxygen atoms in total. The number of benzene rings is 3. The molecule has 1 saturated heterocycles. The van der Waals surface area contributed by atoms with Crippen molar-refractivity contribution in [2.24, 2.45) is 29.6 Å². The zero-order valence-corrected chi connectivity index (χ0v) is 27.1. The van der Waals surface area contributed by atoms with Crippen LogP contribution < -0.4 is 29.3 Å². The van der Waals surface area contributed by atoms with Crippen LogP contribution in [0.5, 0.6) is 17.2 Å². The molecule has 240 valence electrons. The number of hydrogen-bond acceptors (Lipinski definition) is 9. The van der Waals surface area contributed by atoms with Gasteiger partial charge >= 0.3 is 4.87 Å². The number of nitrogens with zero attached hydrogens (tertiary/aromatic N) is 1. The highest BCUT2D eigenvalue weighted by atomic mass is 32.2. The van der Waals surface area contributed by atoms with E-state index in [0.717, 1.165) is 21.9 Å². The fourth-order valence-corrected chi connectivity index (χ4v) is 11.1. The van der Waals surface area contributed by atoms with E-state index in [1.807, 2.05) is 24.3 Å². The summed E-state index contributed by atoms with van der Waals surface area (Å²) in [4.78, 5) is 58.5. The molecule has 0 unspecified atom stereocenters. The lowest BCUT2D eigenvalue weighted by Gasteiger charge is -2.43. The van der Waals surface area contributed by atoms with E-state index in [4.69, 9.17) is 14.2 Å². The van der Waals surface area contributed by atoms with Gasteiger partial charge in [-0.2, -0.15) is 0 Å². The van der Waals surface area contributed by atoms with Gasteiger partial charge in [0.05, 0.1) is 36.8 Å². The molecule has 3 amide bonds. The Kier molecular flexibility index (Phi) is 7.36. The summed E-state index contributed by atoms with van der Waals surface area (Å²) in [6.45, 7) is -0.183. The SMILES string of the molecule is COc1ccc(NC(=O)COc2cccc([C@@H]3c4sc(=O)[nH]c4S[C@@H]4[C@@H]5C[C@@H]([C@@H]6C(=O)N(c7ccc(OC)cc7)C(=O)[C@@H]56)[C@H]34)c2)cc1. The number of thiazole rings is 1. The fraction of sp³-hybridized carbons (Fsp3) is 0.314. The number of nitrogens with one attached hydrogen (secondary N) is 2. The van der Waals surface area contributed by atoms with Crippen molar-refractivity contribution in [2.45, 2.75) is 22.6 Å². The van der Waals surface area contributed by atoms with Crippen LogP contribution in [0.2, 0.25) is 0 Å². The zero-order valence-electron chi connectivity index (χ0n) is 25.5. The molecule has 2 aliphatic heterocycles. The summed E-state index contributed by atoms with van der Waals surface area (Å²) in [6, 6.07) is 21.7. The van der Waals surface area contributed by atoms with Crippen molar-refractivity contribution in [3.8, 4) is 17.2 Å². The van der Waals surface area contributed by atoms with Crippen molar-refractivity contribution in [3.63, 3.8) is 0 Å². The number of amides is 3. The Balaban J connectivity index is 1.06. The van der Waals surface area contributed by atoms with E-state index in [1.54, 1.807) is 74.5 Å². The lowest BCUT2D eigenvalue weighted by molar-refractivity contribution is -0.123. The second-order valence-corrected chi connectivity index (χ2v) is 14.5. The number of fused-ring (bicyclic) bond motifs is 9.